The number of benzene rings is 1. The van der Waals surface area contributed by atoms with Crippen molar-refractivity contribution in [2.24, 2.45) is 5.92 Å². The fourth-order valence-corrected chi connectivity index (χ4v) is 3.52. The Morgan fingerprint density at radius 2 is 1.96 bits per heavy atom. The lowest BCUT2D eigenvalue weighted by Gasteiger charge is -2.27. The number of hydrogen-bond donors (Lipinski definition) is 0. The average molecular weight is 344 g/mol. The first kappa shape index (κ1) is 17.8. The number of carbonyl (C=O) groups excluding carboxylic acids is 2. The molecule has 1 fully saturated rings. The topological polar surface area (TPSA) is 49.9 Å². The average Bonchev–Trinajstić information content (AvgIpc) is 3.05. The standard InChI is InChI=1S/C20H28N2O3/c1-14(2)10-19(23)22-12-17-11-16(20(24)21-8-4-5-9-21)6-7-18(17)25-13-15(22)3/h6-7,11,14-15H,4-5,8-10,12-13H2,1-3H3/t15-/m0/s1. The molecule has 0 spiro atoms. The number of nitrogens with zero attached hydrogens (tertiary/aromatic N) is 2. The Labute approximate surface area is 149 Å². The van der Waals surface area contributed by atoms with Gasteiger partial charge in [-0.3, -0.25) is 9.59 Å². The van der Waals surface area contributed by atoms with Crippen LogP contribution >= 0.6 is 0 Å². The fourth-order valence-electron chi connectivity index (χ4n) is 3.52. The summed E-state index contributed by atoms with van der Waals surface area (Å²) in [4.78, 5) is 29.0. The molecule has 1 aromatic rings. The second-order valence-electron chi connectivity index (χ2n) is 7.60. The Kier molecular flexibility index (Phi) is 5.30. The zero-order chi connectivity index (χ0) is 18.0. The number of hydrogen-bond acceptors (Lipinski definition) is 3. The van der Waals surface area contributed by atoms with E-state index in [-0.39, 0.29) is 17.9 Å². The van der Waals surface area contributed by atoms with Crippen LogP contribution in [0.1, 0.15) is 56.0 Å². The maximum atomic E-state index is 12.6. The Morgan fingerprint density at radius 3 is 2.64 bits per heavy atom. The van der Waals surface area contributed by atoms with Crippen molar-refractivity contribution >= 4 is 11.8 Å². The molecule has 0 aliphatic carbocycles. The van der Waals surface area contributed by atoms with Crippen molar-refractivity contribution in [2.45, 2.75) is 52.6 Å². The van der Waals surface area contributed by atoms with Gasteiger partial charge < -0.3 is 14.5 Å². The summed E-state index contributed by atoms with van der Waals surface area (Å²) < 4.78 is 5.89. The molecule has 1 atom stereocenters. The molecule has 136 valence electrons. The molecule has 25 heavy (non-hydrogen) atoms. The van der Waals surface area contributed by atoms with Crippen molar-refractivity contribution < 1.29 is 14.3 Å². The molecule has 2 amide bonds. The van der Waals surface area contributed by atoms with Crippen LogP contribution in [-0.2, 0) is 11.3 Å². The van der Waals surface area contributed by atoms with Crippen LogP contribution in [0.5, 0.6) is 5.75 Å². The second kappa shape index (κ2) is 7.46. The largest absolute Gasteiger partial charge is 0.491 e. The van der Waals surface area contributed by atoms with E-state index in [1.165, 1.54) is 0 Å². The summed E-state index contributed by atoms with van der Waals surface area (Å²) in [6.45, 7) is 8.78. The van der Waals surface area contributed by atoms with Crippen LogP contribution in [0.4, 0.5) is 0 Å². The van der Waals surface area contributed by atoms with Crippen molar-refractivity contribution in [3.8, 4) is 5.75 Å². The molecule has 0 N–H and O–H groups in total. The van der Waals surface area contributed by atoms with Crippen molar-refractivity contribution in [3.05, 3.63) is 29.3 Å². The lowest BCUT2D eigenvalue weighted by Crippen LogP contribution is -2.40. The van der Waals surface area contributed by atoms with Gasteiger partial charge in [-0.15, -0.1) is 0 Å². The molecule has 0 aromatic heterocycles. The van der Waals surface area contributed by atoms with Crippen LogP contribution in [0.15, 0.2) is 18.2 Å². The summed E-state index contributed by atoms with van der Waals surface area (Å²) >= 11 is 0. The maximum absolute atomic E-state index is 12.6. The molecule has 2 aliphatic heterocycles. The molecule has 0 saturated carbocycles. The Hall–Kier alpha value is -2.04. The Bertz CT molecular complexity index is 650. The van der Waals surface area contributed by atoms with E-state index in [0.29, 0.717) is 31.1 Å². The van der Waals surface area contributed by atoms with Gasteiger partial charge in [0.15, 0.2) is 0 Å². The van der Waals surface area contributed by atoms with E-state index in [4.69, 9.17) is 4.74 Å². The number of ether oxygens (including phenoxy) is 1. The summed E-state index contributed by atoms with van der Waals surface area (Å²) in [5.74, 6) is 1.34. The van der Waals surface area contributed by atoms with Crippen LogP contribution < -0.4 is 4.74 Å². The predicted molar refractivity (Wildman–Crippen MR) is 96.5 cm³/mol. The summed E-state index contributed by atoms with van der Waals surface area (Å²) in [6.07, 6.45) is 2.69. The number of likely N-dealkylation sites (tertiary alicyclic amines) is 1. The van der Waals surface area contributed by atoms with Gasteiger partial charge in [0.05, 0.1) is 6.04 Å². The first-order valence-electron chi connectivity index (χ1n) is 9.30. The van der Waals surface area contributed by atoms with Crippen LogP contribution in [0.3, 0.4) is 0 Å². The van der Waals surface area contributed by atoms with Gasteiger partial charge in [-0.1, -0.05) is 13.8 Å². The highest BCUT2D eigenvalue weighted by Gasteiger charge is 2.27. The zero-order valence-electron chi connectivity index (χ0n) is 15.5. The van der Waals surface area contributed by atoms with E-state index in [1.807, 2.05) is 34.9 Å². The smallest absolute Gasteiger partial charge is 0.253 e. The van der Waals surface area contributed by atoms with E-state index in [0.717, 1.165) is 37.2 Å². The van der Waals surface area contributed by atoms with Gasteiger partial charge >= 0.3 is 0 Å². The first-order valence-corrected chi connectivity index (χ1v) is 9.30. The normalized spacial score (nSPS) is 20.2. The quantitative estimate of drug-likeness (QED) is 0.847. The number of carbonyl (C=O) groups is 2. The van der Waals surface area contributed by atoms with Gasteiger partial charge in [0, 0.05) is 37.2 Å². The molecule has 0 radical (unpaired) electrons. The zero-order valence-corrected chi connectivity index (χ0v) is 15.5. The Balaban J connectivity index is 1.82. The van der Waals surface area contributed by atoms with Gasteiger partial charge in [0.1, 0.15) is 12.4 Å². The minimum atomic E-state index is 0.0244. The number of rotatable bonds is 3. The van der Waals surface area contributed by atoms with Crippen LogP contribution in [0.2, 0.25) is 0 Å². The molecular formula is C20H28N2O3. The summed E-state index contributed by atoms with van der Waals surface area (Å²) in [6, 6.07) is 5.65. The van der Waals surface area contributed by atoms with Crippen molar-refractivity contribution in [3.63, 3.8) is 0 Å². The molecular weight excluding hydrogens is 316 g/mol. The van der Waals surface area contributed by atoms with Crippen molar-refractivity contribution in [1.29, 1.82) is 0 Å². The molecule has 3 rings (SSSR count). The van der Waals surface area contributed by atoms with Crippen molar-refractivity contribution in [1.82, 2.24) is 9.80 Å². The van der Waals surface area contributed by atoms with Gasteiger partial charge in [0.25, 0.3) is 5.91 Å². The highest BCUT2D eigenvalue weighted by Crippen LogP contribution is 2.28. The number of fused-ring (bicyclic) bond motifs is 1. The van der Waals surface area contributed by atoms with Gasteiger partial charge in [-0.05, 0) is 43.9 Å². The minimum absolute atomic E-state index is 0.0244. The number of amides is 2. The van der Waals surface area contributed by atoms with Crippen LogP contribution in [0, 0.1) is 5.92 Å². The molecule has 1 aromatic carbocycles. The van der Waals surface area contributed by atoms with E-state index >= 15 is 0 Å². The fraction of sp³-hybridized carbons (Fsp3) is 0.600. The summed E-state index contributed by atoms with van der Waals surface area (Å²) in [5.41, 5.74) is 1.61. The molecule has 1 saturated heterocycles. The first-order chi connectivity index (χ1) is 12.0. The third kappa shape index (κ3) is 3.97. The minimum Gasteiger partial charge on any atom is -0.491 e. The Morgan fingerprint density at radius 1 is 1.24 bits per heavy atom. The highest BCUT2D eigenvalue weighted by molar-refractivity contribution is 5.94. The van der Waals surface area contributed by atoms with E-state index in [9.17, 15) is 9.59 Å². The molecule has 0 unspecified atom stereocenters. The maximum Gasteiger partial charge on any atom is 0.253 e. The lowest BCUT2D eigenvalue weighted by molar-refractivity contribution is -0.135. The third-order valence-electron chi connectivity index (χ3n) is 4.96. The third-order valence-corrected chi connectivity index (χ3v) is 4.96. The van der Waals surface area contributed by atoms with Crippen LogP contribution in [-0.4, -0.2) is 47.4 Å². The van der Waals surface area contributed by atoms with Crippen molar-refractivity contribution in [2.75, 3.05) is 19.7 Å². The molecule has 0 bridgehead atoms. The monoisotopic (exact) mass is 344 g/mol. The van der Waals surface area contributed by atoms with E-state index < -0.39 is 0 Å². The summed E-state index contributed by atoms with van der Waals surface area (Å²) in [5, 5.41) is 0. The van der Waals surface area contributed by atoms with E-state index in [2.05, 4.69) is 13.8 Å². The van der Waals surface area contributed by atoms with Gasteiger partial charge in [-0.2, -0.15) is 0 Å². The van der Waals surface area contributed by atoms with Gasteiger partial charge in [-0.25, -0.2) is 0 Å². The molecule has 5 nitrogen and oxygen atoms in total. The predicted octanol–water partition coefficient (Wildman–Crippen LogP) is 3.08. The highest BCUT2D eigenvalue weighted by atomic mass is 16.5. The van der Waals surface area contributed by atoms with E-state index in [1.54, 1.807) is 0 Å². The lowest BCUT2D eigenvalue weighted by atomic mass is 10.1. The molecule has 2 aliphatic rings. The second-order valence-corrected chi connectivity index (χ2v) is 7.60. The van der Waals surface area contributed by atoms with Gasteiger partial charge in [0.2, 0.25) is 5.91 Å². The van der Waals surface area contributed by atoms with Crippen LogP contribution in [0.25, 0.3) is 0 Å². The molecule has 5 heteroatoms. The molecule has 2 heterocycles. The summed E-state index contributed by atoms with van der Waals surface area (Å²) in [7, 11) is 0. The SMILES string of the molecule is CC(C)CC(=O)N1Cc2cc(C(=O)N3CCCC3)ccc2OC[C@@H]1C.